The Kier molecular flexibility index (Phi) is 6.15. The maximum absolute atomic E-state index is 13.5. The standard InChI is InChI=1S/C28H27N3O7/c1-5-15-7-8-16(10-21(26(34)37-4)29-14(3)32)18-9-17-12-31-22(24(17)30-23(15)18)11-20-19(25(31)33)13-38-27(35)28(20,36)6-2/h7-11,36H,5-6,12-13H2,1-4H3,(H,29,32)/b21-10-/t28-/m0/s1. The Balaban J connectivity index is 1.74. The Labute approximate surface area is 217 Å². The summed E-state index contributed by atoms with van der Waals surface area (Å²) in [5.74, 6) is -1.87. The normalized spacial score (nSPS) is 17.9. The van der Waals surface area contributed by atoms with Crippen LogP contribution < -0.4 is 10.9 Å². The zero-order valence-corrected chi connectivity index (χ0v) is 21.5. The van der Waals surface area contributed by atoms with Crippen LogP contribution in [-0.4, -0.2) is 39.6 Å². The van der Waals surface area contributed by atoms with Crippen molar-refractivity contribution in [2.45, 2.75) is 52.4 Å². The third-order valence-corrected chi connectivity index (χ3v) is 7.19. The van der Waals surface area contributed by atoms with E-state index in [0.717, 1.165) is 16.5 Å². The molecule has 2 aliphatic rings. The molecule has 0 aliphatic carbocycles. The molecule has 1 atom stereocenters. The van der Waals surface area contributed by atoms with Gasteiger partial charge >= 0.3 is 11.9 Å². The lowest BCUT2D eigenvalue weighted by Crippen LogP contribution is -2.44. The molecule has 196 valence electrons. The van der Waals surface area contributed by atoms with Crippen molar-refractivity contribution >= 4 is 34.8 Å². The number of amides is 1. The molecule has 0 spiro atoms. The Morgan fingerprint density at radius 2 is 2.03 bits per heavy atom. The van der Waals surface area contributed by atoms with Gasteiger partial charge in [-0.2, -0.15) is 0 Å². The van der Waals surface area contributed by atoms with Crippen molar-refractivity contribution < 1.29 is 29.0 Å². The molecule has 1 amide bonds. The lowest BCUT2D eigenvalue weighted by atomic mass is 9.86. The number of aromatic nitrogens is 2. The predicted molar refractivity (Wildman–Crippen MR) is 138 cm³/mol. The smallest absolute Gasteiger partial charge is 0.354 e. The number of ether oxygens (including phenoxy) is 2. The van der Waals surface area contributed by atoms with Gasteiger partial charge in [0.1, 0.15) is 12.3 Å². The molecule has 2 N–H and O–H groups in total. The molecule has 0 bridgehead atoms. The molecule has 0 fully saturated rings. The topological polar surface area (TPSA) is 137 Å². The molecule has 3 aromatic rings. The minimum atomic E-state index is -1.90. The molecule has 4 heterocycles. The molecule has 1 aromatic carbocycles. The number of hydrogen-bond donors (Lipinski definition) is 2. The Morgan fingerprint density at radius 1 is 1.26 bits per heavy atom. The highest BCUT2D eigenvalue weighted by Crippen LogP contribution is 2.39. The molecule has 10 heteroatoms. The number of esters is 2. The number of methoxy groups -OCH3 is 1. The number of nitrogens with zero attached hydrogens (tertiary/aromatic N) is 2. The van der Waals surface area contributed by atoms with E-state index in [1.54, 1.807) is 23.6 Å². The summed E-state index contributed by atoms with van der Waals surface area (Å²) in [6.45, 7) is 5.00. The lowest BCUT2D eigenvalue weighted by Gasteiger charge is -2.31. The second kappa shape index (κ2) is 9.21. The van der Waals surface area contributed by atoms with E-state index in [0.29, 0.717) is 28.9 Å². The van der Waals surface area contributed by atoms with Crippen LogP contribution in [0.15, 0.2) is 34.8 Å². The summed E-state index contributed by atoms with van der Waals surface area (Å²) in [5, 5.41) is 14.3. The van der Waals surface area contributed by atoms with Gasteiger partial charge < -0.3 is 24.5 Å². The molecule has 38 heavy (non-hydrogen) atoms. The third-order valence-electron chi connectivity index (χ3n) is 7.19. The first-order valence-corrected chi connectivity index (χ1v) is 12.3. The van der Waals surface area contributed by atoms with Gasteiger partial charge in [0.15, 0.2) is 5.60 Å². The van der Waals surface area contributed by atoms with Crippen molar-refractivity contribution in [3.8, 4) is 11.4 Å². The van der Waals surface area contributed by atoms with Crippen LogP contribution in [0.4, 0.5) is 0 Å². The number of cyclic esters (lactones) is 1. The number of nitrogens with one attached hydrogen (secondary N) is 1. The fraction of sp³-hybridized carbons (Fsp3) is 0.321. The molecule has 0 saturated heterocycles. The molecule has 2 aliphatic heterocycles. The van der Waals surface area contributed by atoms with Gasteiger partial charge in [0.25, 0.3) is 5.56 Å². The first kappa shape index (κ1) is 25.3. The zero-order chi connectivity index (χ0) is 27.4. The Bertz CT molecular complexity index is 1640. The number of carbonyl (C=O) groups excluding carboxylic acids is 3. The van der Waals surface area contributed by atoms with Crippen LogP contribution in [0.3, 0.4) is 0 Å². The largest absolute Gasteiger partial charge is 0.464 e. The fourth-order valence-corrected chi connectivity index (χ4v) is 5.16. The number of aryl methyl sites for hydroxylation is 1. The van der Waals surface area contributed by atoms with Gasteiger partial charge in [-0.1, -0.05) is 26.0 Å². The van der Waals surface area contributed by atoms with E-state index in [9.17, 15) is 24.3 Å². The van der Waals surface area contributed by atoms with E-state index in [-0.39, 0.29) is 42.0 Å². The highest BCUT2D eigenvalue weighted by Gasteiger charge is 2.45. The molecular formula is C28H27N3O7. The maximum Gasteiger partial charge on any atom is 0.354 e. The van der Waals surface area contributed by atoms with E-state index >= 15 is 0 Å². The van der Waals surface area contributed by atoms with Crippen molar-refractivity contribution in [2.24, 2.45) is 0 Å². The van der Waals surface area contributed by atoms with Crippen molar-refractivity contribution in [3.63, 3.8) is 0 Å². The Morgan fingerprint density at radius 3 is 2.68 bits per heavy atom. The highest BCUT2D eigenvalue weighted by atomic mass is 16.6. The van der Waals surface area contributed by atoms with Crippen LogP contribution >= 0.6 is 0 Å². The van der Waals surface area contributed by atoms with Crippen molar-refractivity contribution in [2.75, 3.05) is 7.11 Å². The van der Waals surface area contributed by atoms with E-state index < -0.39 is 23.4 Å². The number of benzene rings is 1. The number of aliphatic hydroxyl groups is 1. The average molecular weight is 518 g/mol. The number of rotatable bonds is 5. The highest BCUT2D eigenvalue weighted by molar-refractivity contribution is 6.01. The van der Waals surface area contributed by atoms with Crippen LogP contribution in [0.1, 0.15) is 55.0 Å². The van der Waals surface area contributed by atoms with Crippen molar-refractivity contribution in [1.29, 1.82) is 0 Å². The summed E-state index contributed by atoms with van der Waals surface area (Å²) in [7, 11) is 1.23. The Hall–Kier alpha value is -4.31. The number of pyridine rings is 2. The molecular weight excluding hydrogens is 490 g/mol. The van der Waals surface area contributed by atoms with Gasteiger partial charge in [0, 0.05) is 23.4 Å². The number of hydrogen-bond acceptors (Lipinski definition) is 8. The molecule has 0 radical (unpaired) electrons. The summed E-state index contributed by atoms with van der Waals surface area (Å²) in [5.41, 5.74) is 2.40. The van der Waals surface area contributed by atoms with Crippen LogP contribution in [0.25, 0.3) is 28.4 Å². The van der Waals surface area contributed by atoms with Crippen LogP contribution in [0, 0.1) is 0 Å². The number of carbonyl (C=O) groups is 3. The van der Waals surface area contributed by atoms with E-state index in [2.05, 4.69) is 5.32 Å². The van der Waals surface area contributed by atoms with E-state index in [1.807, 2.05) is 25.1 Å². The average Bonchev–Trinajstić information content (AvgIpc) is 3.27. The van der Waals surface area contributed by atoms with Crippen molar-refractivity contribution in [3.05, 3.63) is 68.1 Å². The zero-order valence-electron chi connectivity index (χ0n) is 21.5. The summed E-state index contributed by atoms with van der Waals surface area (Å²) in [4.78, 5) is 54.8. The minimum Gasteiger partial charge on any atom is -0.464 e. The van der Waals surface area contributed by atoms with Gasteiger partial charge in [0.2, 0.25) is 5.91 Å². The molecule has 0 saturated carbocycles. The quantitative estimate of drug-likeness (QED) is 0.304. The van der Waals surface area contributed by atoms with Gasteiger partial charge in [-0.25, -0.2) is 14.6 Å². The third kappa shape index (κ3) is 3.79. The second-order valence-corrected chi connectivity index (χ2v) is 9.39. The van der Waals surface area contributed by atoms with E-state index in [1.165, 1.54) is 14.0 Å². The SMILES string of the molecule is CCc1ccc(/C=C(\NC(C)=O)C(=O)OC)c2cc3c(nc12)-c1cc2c(c(=O)n1C3)COC(=O)[C@]2(O)CC. The van der Waals surface area contributed by atoms with Crippen molar-refractivity contribution in [1.82, 2.24) is 14.9 Å². The van der Waals surface area contributed by atoms with Crippen LogP contribution in [0.2, 0.25) is 0 Å². The first-order chi connectivity index (χ1) is 18.1. The van der Waals surface area contributed by atoms with E-state index in [4.69, 9.17) is 14.5 Å². The predicted octanol–water partition coefficient (Wildman–Crippen LogP) is 2.29. The maximum atomic E-state index is 13.5. The second-order valence-electron chi connectivity index (χ2n) is 9.39. The summed E-state index contributed by atoms with van der Waals surface area (Å²) in [6, 6.07) is 7.34. The summed E-state index contributed by atoms with van der Waals surface area (Å²) < 4.78 is 11.5. The van der Waals surface area contributed by atoms with Gasteiger partial charge in [0.05, 0.1) is 36.1 Å². The van der Waals surface area contributed by atoms with Gasteiger partial charge in [-0.3, -0.25) is 9.59 Å². The van der Waals surface area contributed by atoms with Crippen LogP contribution in [-0.2, 0) is 49.0 Å². The molecule has 5 rings (SSSR count). The van der Waals surface area contributed by atoms with Gasteiger partial charge in [-0.05, 0) is 42.2 Å². The summed E-state index contributed by atoms with van der Waals surface area (Å²) >= 11 is 0. The van der Waals surface area contributed by atoms with Crippen LogP contribution in [0.5, 0.6) is 0 Å². The molecule has 0 unspecified atom stereocenters. The molecule has 10 nitrogen and oxygen atoms in total. The first-order valence-electron chi connectivity index (χ1n) is 12.3. The number of fused-ring (bicyclic) bond motifs is 5. The minimum absolute atomic E-state index is 0.0123. The molecule has 2 aromatic heterocycles. The fourth-order valence-electron chi connectivity index (χ4n) is 5.16. The lowest BCUT2D eigenvalue weighted by molar-refractivity contribution is -0.172. The van der Waals surface area contributed by atoms with Gasteiger partial charge in [-0.15, -0.1) is 0 Å². The monoisotopic (exact) mass is 517 g/mol. The summed E-state index contributed by atoms with van der Waals surface area (Å²) in [6.07, 6.45) is 2.28.